The molecule has 4 heteroatoms. The van der Waals surface area contributed by atoms with Crippen LogP contribution in [0.25, 0.3) is 0 Å². The standard InChI is InChI=1S/C13H26N2O2/c1-3-5-11(16)9-15-12(17)13(14)7-4-6-10(2)8-13/h10-11,16H,3-9,14H2,1-2H3,(H,15,17). The molecule has 0 aromatic heterocycles. The number of rotatable bonds is 5. The highest BCUT2D eigenvalue weighted by Gasteiger charge is 2.37. The quantitative estimate of drug-likeness (QED) is 0.677. The second-order valence-electron chi connectivity index (χ2n) is 5.51. The second-order valence-corrected chi connectivity index (χ2v) is 5.51. The first kappa shape index (κ1) is 14.5. The molecule has 0 saturated heterocycles. The fourth-order valence-electron chi connectivity index (χ4n) is 2.62. The third-order valence-corrected chi connectivity index (χ3v) is 3.60. The maximum absolute atomic E-state index is 12.0. The van der Waals surface area contributed by atoms with E-state index in [1.165, 1.54) is 0 Å². The predicted molar refractivity (Wildman–Crippen MR) is 68.5 cm³/mol. The molecule has 0 aromatic rings. The molecular weight excluding hydrogens is 216 g/mol. The average Bonchev–Trinajstić information content (AvgIpc) is 2.26. The molecule has 0 spiro atoms. The smallest absolute Gasteiger partial charge is 0.240 e. The van der Waals surface area contributed by atoms with E-state index in [4.69, 9.17) is 5.73 Å². The molecule has 100 valence electrons. The van der Waals surface area contributed by atoms with Crippen LogP contribution in [0.5, 0.6) is 0 Å². The molecule has 1 aliphatic rings. The maximum Gasteiger partial charge on any atom is 0.240 e. The van der Waals surface area contributed by atoms with Gasteiger partial charge in [-0.15, -0.1) is 0 Å². The summed E-state index contributed by atoms with van der Waals surface area (Å²) in [6.45, 7) is 4.47. The van der Waals surface area contributed by atoms with Crippen LogP contribution in [0.4, 0.5) is 0 Å². The number of hydrogen-bond acceptors (Lipinski definition) is 3. The van der Waals surface area contributed by atoms with E-state index in [1.54, 1.807) is 0 Å². The maximum atomic E-state index is 12.0. The Bertz CT molecular complexity index is 258. The molecule has 1 rings (SSSR count). The monoisotopic (exact) mass is 242 g/mol. The van der Waals surface area contributed by atoms with Crippen LogP contribution in [0, 0.1) is 5.92 Å². The van der Waals surface area contributed by atoms with E-state index in [1.807, 2.05) is 6.92 Å². The lowest BCUT2D eigenvalue weighted by atomic mass is 9.76. The highest BCUT2D eigenvalue weighted by molar-refractivity contribution is 5.86. The third kappa shape index (κ3) is 4.28. The Labute approximate surface area is 104 Å². The molecule has 0 radical (unpaired) electrons. The first-order valence-electron chi connectivity index (χ1n) is 6.73. The van der Waals surface area contributed by atoms with E-state index in [0.717, 1.165) is 32.1 Å². The number of aliphatic hydroxyl groups is 1. The summed E-state index contributed by atoms with van der Waals surface area (Å²) in [6, 6.07) is 0. The van der Waals surface area contributed by atoms with Crippen molar-refractivity contribution >= 4 is 5.91 Å². The topological polar surface area (TPSA) is 75.3 Å². The zero-order chi connectivity index (χ0) is 12.9. The molecule has 1 saturated carbocycles. The average molecular weight is 242 g/mol. The molecule has 17 heavy (non-hydrogen) atoms. The van der Waals surface area contributed by atoms with Crippen molar-refractivity contribution in [3.8, 4) is 0 Å². The molecule has 0 bridgehead atoms. The van der Waals surface area contributed by atoms with Gasteiger partial charge in [0, 0.05) is 6.54 Å². The molecule has 4 nitrogen and oxygen atoms in total. The highest BCUT2D eigenvalue weighted by Crippen LogP contribution is 2.30. The molecule has 0 heterocycles. The van der Waals surface area contributed by atoms with Crippen LogP contribution in [-0.2, 0) is 4.79 Å². The third-order valence-electron chi connectivity index (χ3n) is 3.60. The van der Waals surface area contributed by atoms with E-state index in [0.29, 0.717) is 18.9 Å². The van der Waals surface area contributed by atoms with Crippen molar-refractivity contribution in [2.24, 2.45) is 11.7 Å². The van der Waals surface area contributed by atoms with E-state index in [9.17, 15) is 9.90 Å². The minimum Gasteiger partial charge on any atom is -0.391 e. The number of nitrogens with two attached hydrogens (primary N) is 1. The van der Waals surface area contributed by atoms with Gasteiger partial charge < -0.3 is 16.2 Å². The summed E-state index contributed by atoms with van der Waals surface area (Å²) < 4.78 is 0. The Hall–Kier alpha value is -0.610. The van der Waals surface area contributed by atoms with Crippen molar-refractivity contribution in [3.63, 3.8) is 0 Å². The fraction of sp³-hybridized carbons (Fsp3) is 0.923. The van der Waals surface area contributed by atoms with Gasteiger partial charge in [0.05, 0.1) is 11.6 Å². The van der Waals surface area contributed by atoms with Gasteiger partial charge in [-0.2, -0.15) is 0 Å². The van der Waals surface area contributed by atoms with Gasteiger partial charge in [-0.05, 0) is 25.2 Å². The van der Waals surface area contributed by atoms with Crippen LogP contribution in [0.3, 0.4) is 0 Å². The van der Waals surface area contributed by atoms with Crippen LogP contribution >= 0.6 is 0 Å². The van der Waals surface area contributed by atoms with Crippen molar-refractivity contribution in [2.45, 2.75) is 64.0 Å². The molecule has 1 aliphatic carbocycles. The van der Waals surface area contributed by atoms with Crippen LogP contribution in [-0.4, -0.2) is 29.2 Å². The highest BCUT2D eigenvalue weighted by atomic mass is 16.3. The molecule has 0 aliphatic heterocycles. The van der Waals surface area contributed by atoms with Gasteiger partial charge in [0.25, 0.3) is 0 Å². The summed E-state index contributed by atoms with van der Waals surface area (Å²) in [6.07, 6.45) is 4.87. The van der Waals surface area contributed by atoms with Crippen LogP contribution in [0.2, 0.25) is 0 Å². The predicted octanol–water partition coefficient (Wildman–Crippen LogP) is 1.17. The summed E-state index contributed by atoms with van der Waals surface area (Å²) in [7, 11) is 0. The molecule has 0 aromatic carbocycles. The van der Waals surface area contributed by atoms with Gasteiger partial charge in [-0.25, -0.2) is 0 Å². The summed E-state index contributed by atoms with van der Waals surface area (Å²) in [5.41, 5.74) is 5.44. The number of carbonyl (C=O) groups excluding carboxylic acids is 1. The number of aliphatic hydroxyl groups excluding tert-OH is 1. The lowest BCUT2D eigenvalue weighted by Crippen LogP contribution is -2.57. The summed E-state index contributed by atoms with van der Waals surface area (Å²) in [5.74, 6) is 0.416. The summed E-state index contributed by atoms with van der Waals surface area (Å²) in [4.78, 5) is 12.0. The molecule has 3 unspecified atom stereocenters. The number of nitrogens with one attached hydrogen (secondary N) is 1. The van der Waals surface area contributed by atoms with Crippen LogP contribution in [0.1, 0.15) is 52.4 Å². The lowest BCUT2D eigenvalue weighted by molar-refractivity contribution is -0.128. The minimum atomic E-state index is -0.719. The normalized spacial score (nSPS) is 30.9. The van der Waals surface area contributed by atoms with Crippen LogP contribution in [0.15, 0.2) is 0 Å². The molecule has 4 N–H and O–H groups in total. The van der Waals surface area contributed by atoms with E-state index in [-0.39, 0.29) is 5.91 Å². The van der Waals surface area contributed by atoms with E-state index >= 15 is 0 Å². The molecule has 1 fully saturated rings. The van der Waals surface area contributed by atoms with E-state index < -0.39 is 11.6 Å². The second kappa shape index (κ2) is 6.36. The zero-order valence-electron chi connectivity index (χ0n) is 11.0. The Balaban J connectivity index is 2.40. The van der Waals surface area contributed by atoms with Crippen molar-refractivity contribution < 1.29 is 9.90 Å². The minimum absolute atomic E-state index is 0.0980. The van der Waals surface area contributed by atoms with Crippen molar-refractivity contribution in [3.05, 3.63) is 0 Å². The van der Waals surface area contributed by atoms with Gasteiger partial charge >= 0.3 is 0 Å². The van der Waals surface area contributed by atoms with Crippen molar-refractivity contribution in [2.75, 3.05) is 6.54 Å². The largest absolute Gasteiger partial charge is 0.391 e. The summed E-state index contributed by atoms with van der Waals surface area (Å²) >= 11 is 0. The van der Waals surface area contributed by atoms with Crippen LogP contribution < -0.4 is 11.1 Å². The first-order chi connectivity index (χ1) is 7.98. The van der Waals surface area contributed by atoms with Crippen molar-refractivity contribution in [1.29, 1.82) is 0 Å². The zero-order valence-corrected chi connectivity index (χ0v) is 11.0. The number of amides is 1. The Morgan fingerprint density at radius 2 is 2.35 bits per heavy atom. The number of carbonyl (C=O) groups is 1. The van der Waals surface area contributed by atoms with Gasteiger partial charge in [0.15, 0.2) is 0 Å². The Kier molecular flexibility index (Phi) is 5.40. The molecular formula is C13H26N2O2. The SMILES string of the molecule is CCCC(O)CNC(=O)C1(N)CCCC(C)C1. The van der Waals surface area contributed by atoms with Gasteiger partial charge in [-0.3, -0.25) is 4.79 Å². The summed E-state index contributed by atoms with van der Waals surface area (Å²) in [5, 5.41) is 12.4. The van der Waals surface area contributed by atoms with Gasteiger partial charge in [-0.1, -0.05) is 33.1 Å². The lowest BCUT2D eigenvalue weighted by Gasteiger charge is -2.35. The Morgan fingerprint density at radius 3 is 2.94 bits per heavy atom. The molecule has 1 amide bonds. The fourth-order valence-corrected chi connectivity index (χ4v) is 2.62. The Morgan fingerprint density at radius 1 is 1.65 bits per heavy atom. The number of hydrogen-bond donors (Lipinski definition) is 3. The molecule has 3 atom stereocenters. The van der Waals surface area contributed by atoms with Gasteiger partial charge in [0.2, 0.25) is 5.91 Å². The first-order valence-corrected chi connectivity index (χ1v) is 6.73. The van der Waals surface area contributed by atoms with Gasteiger partial charge in [0.1, 0.15) is 0 Å². The van der Waals surface area contributed by atoms with Crippen molar-refractivity contribution in [1.82, 2.24) is 5.32 Å². The van der Waals surface area contributed by atoms with E-state index in [2.05, 4.69) is 12.2 Å².